The Morgan fingerprint density at radius 2 is 1.74 bits per heavy atom. The van der Waals surface area contributed by atoms with Crippen molar-refractivity contribution in [2.75, 3.05) is 14.2 Å². The molecule has 1 N–H and O–H groups in total. The van der Waals surface area contributed by atoms with E-state index in [2.05, 4.69) is 11.9 Å². The predicted molar refractivity (Wildman–Crippen MR) is 142 cm³/mol. The minimum atomic E-state index is -4.36. The Labute approximate surface area is 224 Å². The molecule has 38 heavy (non-hydrogen) atoms. The number of hydrogen-bond acceptors (Lipinski definition) is 4. The number of benzene rings is 1. The summed E-state index contributed by atoms with van der Waals surface area (Å²) in [6, 6.07) is 4.77. The van der Waals surface area contributed by atoms with E-state index in [-0.39, 0.29) is 23.4 Å². The summed E-state index contributed by atoms with van der Waals surface area (Å²) in [7, 11) is 3.18. The highest BCUT2D eigenvalue weighted by molar-refractivity contribution is 5.92. The van der Waals surface area contributed by atoms with Crippen molar-refractivity contribution >= 4 is 12.0 Å². The van der Waals surface area contributed by atoms with Gasteiger partial charge in [-0.3, -0.25) is 10.1 Å². The maximum atomic E-state index is 14.2. The number of alkyl carbamates (subject to hydrolysis) is 1. The molecule has 1 atom stereocenters. The molecule has 1 unspecified atom stereocenters. The molecule has 1 saturated carbocycles. The van der Waals surface area contributed by atoms with E-state index in [1.54, 1.807) is 33.9 Å². The van der Waals surface area contributed by atoms with Crippen molar-refractivity contribution in [3.63, 3.8) is 0 Å². The van der Waals surface area contributed by atoms with Gasteiger partial charge < -0.3 is 14.4 Å². The van der Waals surface area contributed by atoms with E-state index < -0.39 is 35.1 Å². The van der Waals surface area contributed by atoms with Gasteiger partial charge in [0.2, 0.25) is 5.91 Å². The van der Waals surface area contributed by atoms with E-state index in [4.69, 9.17) is 9.47 Å². The molecule has 2 amide bonds. The van der Waals surface area contributed by atoms with Crippen LogP contribution in [0.4, 0.5) is 18.0 Å². The summed E-state index contributed by atoms with van der Waals surface area (Å²) in [5, 5.41) is 2.51. The number of likely N-dealkylation sites (N-methyl/N-ethyl adjacent to an activating group) is 1. The lowest BCUT2D eigenvalue weighted by atomic mass is 9.57. The van der Waals surface area contributed by atoms with Gasteiger partial charge in [0.05, 0.1) is 17.9 Å². The van der Waals surface area contributed by atoms with Crippen LogP contribution in [-0.2, 0) is 32.5 Å². The van der Waals surface area contributed by atoms with Crippen LogP contribution in [0.3, 0.4) is 0 Å². The van der Waals surface area contributed by atoms with Crippen LogP contribution in [0.5, 0.6) is 0 Å². The van der Waals surface area contributed by atoms with E-state index in [9.17, 15) is 22.8 Å². The summed E-state index contributed by atoms with van der Waals surface area (Å²) < 4.78 is 50.4. The van der Waals surface area contributed by atoms with E-state index >= 15 is 0 Å². The number of rotatable bonds is 5. The fourth-order valence-electron chi connectivity index (χ4n) is 5.77. The van der Waals surface area contributed by atoms with E-state index in [0.717, 1.165) is 18.4 Å². The largest absolute Gasteiger partial charge is 0.444 e. The van der Waals surface area contributed by atoms with Gasteiger partial charge in [0.1, 0.15) is 11.4 Å². The molecule has 1 spiro atoms. The van der Waals surface area contributed by atoms with Gasteiger partial charge in [0.25, 0.3) is 0 Å². The molecule has 2 aliphatic rings. The second-order valence-electron chi connectivity index (χ2n) is 11.2. The molecule has 0 heterocycles. The summed E-state index contributed by atoms with van der Waals surface area (Å²) in [4.78, 5) is 27.7. The van der Waals surface area contributed by atoms with Crippen LogP contribution in [0.2, 0.25) is 0 Å². The van der Waals surface area contributed by atoms with E-state index in [1.807, 2.05) is 20.8 Å². The lowest BCUT2D eigenvalue weighted by Gasteiger charge is -2.48. The van der Waals surface area contributed by atoms with Gasteiger partial charge in [-0.25, -0.2) is 4.79 Å². The van der Waals surface area contributed by atoms with Crippen LogP contribution in [0.1, 0.15) is 83.9 Å². The smallest absolute Gasteiger partial charge is 0.413 e. The molecular weight excluding hydrogens is 497 g/mol. The monoisotopic (exact) mass is 540 g/mol. The molecule has 2 aliphatic carbocycles. The van der Waals surface area contributed by atoms with Gasteiger partial charge in [0.15, 0.2) is 0 Å². The summed E-state index contributed by atoms with van der Waals surface area (Å²) in [6.07, 6.45) is -2.60. The number of carbonyl (C=O) groups excluding carboxylic acids is 2. The molecule has 3 rings (SSSR count). The first-order valence-corrected chi connectivity index (χ1v) is 13.2. The zero-order valence-corrected chi connectivity index (χ0v) is 24.0. The van der Waals surface area contributed by atoms with Crippen LogP contribution in [0.15, 0.2) is 30.6 Å². The number of nitrogens with one attached hydrogen (secondary N) is 1. The van der Waals surface area contributed by atoms with Gasteiger partial charge in [0, 0.05) is 14.2 Å². The third-order valence-electron chi connectivity index (χ3n) is 7.71. The molecule has 0 bridgehead atoms. The topological polar surface area (TPSA) is 67.9 Å². The standard InChI is InChI=1S/C27H37F3N2O4.C2H6/c1-17(31-23(34)36-24(2,3)4)32(6)22(33)25(5)21-14-18(15-27(28,29)30)8-9-19(21)16-26(25)12-10-20(35-7)11-13-26;1-2/h8-9,14,20H,1,10-13,15-16H2,2-7H3,(H,31,34);1-2H3. The van der Waals surface area contributed by atoms with E-state index in [0.29, 0.717) is 24.8 Å². The lowest BCUT2D eigenvalue weighted by molar-refractivity contribution is -0.141. The van der Waals surface area contributed by atoms with Crippen molar-refractivity contribution in [2.45, 2.75) is 103 Å². The Morgan fingerprint density at radius 1 is 1.16 bits per heavy atom. The quantitative estimate of drug-likeness (QED) is 0.454. The maximum absolute atomic E-state index is 14.2. The van der Waals surface area contributed by atoms with Crippen molar-refractivity contribution in [2.24, 2.45) is 5.41 Å². The fraction of sp³-hybridized carbons (Fsp3) is 0.655. The Morgan fingerprint density at radius 3 is 2.24 bits per heavy atom. The molecule has 214 valence electrons. The molecule has 9 heteroatoms. The highest BCUT2D eigenvalue weighted by Gasteiger charge is 2.60. The minimum absolute atomic E-state index is 0.0381. The van der Waals surface area contributed by atoms with Gasteiger partial charge in [-0.05, 0) is 81.9 Å². The average molecular weight is 541 g/mol. The summed E-state index contributed by atoms with van der Waals surface area (Å²) in [5.41, 5.74) is -0.721. The van der Waals surface area contributed by atoms with Gasteiger partial charge in [-0.1, -0.05) is 38.6 Å². The highest BCUT2D eigenvalue weighted by Crippen LogP contribution is 2.60. The molecular formula is C29H43F3N2O4. The normalized spacial score (nSPS) is 24.7. The Balaban J connectivity index is 0.00000247. The number of halogens is 3. The Kier molecular flexibility index (Phi) is 9.73. The number of fused-ring (bicyclic) bond motifs is 1. The third-order valence-corrected chi connectivity index (χ3v) is 7.71. The Bertz CT molecular complexity index is 1020. The van der Waals surface area contributed by atoms with Crippen molar-refractivity contribution in [3.05, 3.63) is 47.3 Å². The zero-order valence-electron chi connectivity index (χ0n) is 24.0. The minimum Gasteiger partial charge on any atom is -0.444 e. The number of methoxy groups -OCH3 is 1. The van der Waals surface area contributed by atoms with Crippen LogP contribution in [0.25, 0.3) is 0 Å². The number of carbonyl (C=O) groups is 2. The molecule has 0 radical (unpaired) electrons. The van der Waals surface area contributed by atoms with Crippen molar-refractivity contribution < 1.29 is 32.2 Å². The molecule has 0 aliphatic heterocycles. The molecule has 1 aromatic carbocycles. The van der Waals surface area contributed by atoms with Gasteiger partial charge in [-0.15, -0.1) is 0 Å². The van der Waals surface area contributed by atoms with Crippen LogP contribution in [-0.4, -0.2) is 48.9 Å². The van der Waals surface area contributed by atoms with Crippen LogP contribution < -0.4 is 5.32 Å². The first-order chi connectivity index (χ1) is 17.5. The lowest BCUT2D eigenvalue weighted by Crippen LogP contribution is -2.55. The second-order valence-corrected chi connectivity index (χ2v) is 11.2. The first-order valence-electron chi connectivity index (χ1n) is 13.2. The number of nitrogens with zero attached hydrogens (tertiary/aromatic N) is 1. The number of amides is 2. The molecule has 0 aromatic heterocycles. The molecule has 1 fully saturated rings. The first kappa shape index (κ1) is 31.7. The highest BCUT2D eigenvalue weighted by atomic mass is 19.4. The van der Waals surface area contributed by atoms with E-state index in [1.165, 1.54) is 24.1 Å². The molecule has 0 saturated heterocycles. The molecule has 1 aromatic rings. The van der Waals surface area contributed by atoms with Crippen LogP contribution >= 0.6 is 0 Å². The van der Waals surface area contributed by atoms with Crippen molar-refractivity contribution in [1.82, 2.24) is 10.2 Å². The summed E-state index contributed by atoms with van der Waals surface area (Å²) >= 11 is 0. The second kappa shape index (κ2) is 11.7. The SMILES string of the molecule is C=C(NC(=O)OC(C)(C)C)N(C)C(=O)C1(C)c2cc(CC(F)(F)F)ccc2CC12CCC(OC)CC2.CC. The zero-order chi connectivity index (χ0) is 29.1. The fourth-order valence-corrected chi connectivity index (χ4v) is 5.77. The average Bonchev–Trinajstić information content (AvgIpc) is 3.05. The van der Waals surface area contributed by atoms with Gasteiger partial charge in [-0.2, -0.15) is 13.2 Å². The number of ether oxygens (including phenoxy) is 2. The number of alkyl halides is 3. The Hall–Kier alpha value is -2.55. The van der Waals surface area contributed by atoms with Crippen LogP contribution in [0, 0.1) is 5.41 Å². The number of hydrogen-bond donors (Lipinski definition) is 1. The van der Waals surface area contributed by atoms with Crippen molar-refractivity contribution in [3.8, 4) is 0 Å². The third kappa shape index (κ3) is 6.71. The summed E-state index contributed by atoms with van der Waals surface area (Å²) in [6.45, 7) is 14.8. The predicted octanol–water partition coefficient (Wildman–Crippen LogP) is 6.66. The molecule has 6 nitrogen and oxygen atoms in total. The van der Waals surface area contributed by atoms with Gasteiger partial charge >= 0.3 is 12.3 Å². The maximum Gasteiger partial charge on any atom is 0.413 e. The summed E-state index contributed by atoms with van der Waals surface area (Å²) in [5.74, 6) is -0.293. The van der Waals surface area contributed by atoms with Crippen molar-refractivity contribution in [1.29, 1.82) is 0 Å².